The lowest BCUT2D eigenvalue weighted by molar-refractivity contribution is 0.219. The summed E-state index contributed by atoms with van der Waals surface area (Å²) in [7, 11) is 4.17. The Labute approximate surface area is 192 Å². The van der Waals surface area contributed by atoms with Gasteiger partial charge in [0.15, 0.2) is 5.13 Å². The van der Waals surface area contributed by atoms with E-state index in [4.69, 9.17) is 9.97 Å². The molecule has 4 aromatic rings. The van der Waals surface area contributed by atoms with Crippen molar-refractivity contribution in [1.82, 2.24) is 25.1 Å². The van der Waals surface area contributed by atoms with Crippen molar-refractivity contribution in [2.24, 2.45) is 7.05 Å². The van der Waals surface area contributed by atoms with Crippen molar-refractivity contribution in [2.45, 2.75) is 50.2 Å². The van der Waals surface area contributed by atoms with Crippen molar-refractivity contribution in [3.63, 3.8) is 0 Å². The zero-order chi connectivity index (χ0) is 20.2. The number of fused-ring (bicyclic) bond motifs is 4. The molecule has 2 aliphatic heterocycles. The molecule has 2 fully saturated rings. The Morgan fingerprint density at radius 2 is 1.94 bits per heavy atom. The van der Waals surface area contributed by atoms with Crippen LogP contribution < -0.4 is 10.2 Å². The SMILES string of the molecule is CN(c1nc2cnc(-c3ccc4nn(C)cc4c3)cc2s1)C1CC2CCCC(C1)N2.Cl. The van der Waals surface area contributed by atoms with E-state index in [-0.39, 0.29) is 12.4 Å². The number of thiazole rings is 1. The Morgan fingerprint density at radius 3 is 2.74 bits per heavy atom. The van der Waals surface area contributed by atoms with Gasteiger partial charge in [-0.1, -0.05) is 23.8 Å². The Balaban J connectivity index is 0.00000204. The summed E-state index contributed by atoms with van der Waals surface area (Å²) in [6.07, 6.45) is 10.4. The standard InChI is InChI=1S/C23H26N6S.ClH/c1-28-13-15-8-14(6-7-19(15)27-28)20-11-22-21(12-24-20)26-23(30-22)29(2)18-9-16-4-3-5-17(10-18)25-16;/h6-8,11-13,16-18,25H,3-5,9-10H2,1-2H3;1H. The van der Waals surface area contributed by atoms with Gasteiger partial charge in [0.25, 0.3) is 0 Å². The number of hydrogen-bond donors (Lipinski definition) is 1. The number of halogens is 1. The van der Waals surface area contributed by atoms with Crippen LogP contribution >= 0.6 is 23.7 Å². The van der Waals surface area contributed by atoms with E-state index in [2.05, 4.69) is 46.6 Å². The topological polar surface area (TPSA) is 58.9 Å². The van der Waals surface area contributed by atoms with Crippen LogP contribution in [0.15, 0.2) is 36.7 Å². The Morgan fingerprint density at radius 1 is 1.13 bits per heavy atom. The Kier molecular flexibility index (Phi) is 5.36. The van der Waals surface area contributed by atoms with Gasteiger partial charge in [0, 0.05) is 49.4 Å². The van der Waals surface area contributed by atoms with Crippen molar-refractivity contribution in [2.75, 3.05) is 11.9 Å². The van der Waals surface area contributed by atoms with Gasteiger partial charge in [-0.25, -0.2) is 4.98 Å². The third kappa shape index (κ3) is 3.79. The summed E-state index contributed by atoms with van der Waals surface area (Å²) in [5, 5.41) is 10.5. The number of nitrogens with zero attached hydrogens (tertiary/aromatic N) is 5. The van der Waals surface area contributed by atoms with Crippen molar-refractivity contribution < 1.29 is 0 Å². The van der Waals surface area contributed by atoms with Gasteiger partial charge in [-0.05, 0) is 43.9 Å². The number of rotatable bonds is 3. The predicted molar refractivity (Wildman–Crippen MR) is 130 cm³/mol. The van der Waals surface area contributed by atoms with Crippen LogP contribution in [-0.4, -0.2) is 44.9 Å². The van der Waals surface area contributed by atoms with E-state index in [1.165, 1.54) is 36.8 Å². The molecule has 3 aromatic heterocycles. The monoisotopic (exact) mass is 454 g/mol. The second-order valence-corrected chi connectivity index (χ2v) is 9.85. The number of aromatic nitrogens is 4. The summed E-state index contributed by atoms with van der Waals surface area (Å²) in [6.45, 7) is 0. The smallest absolute Gasteiger partial charge is 0.186 e. The maximum absolute atomic E-state index is 4.92. The number of hydrogen-bond acceptors (Lipinski definition) is 6. The number of anilines is 1. The molecular formula is C23H27ClN6S. The molecule has 5 heterocycles. The van der Waals surface area contributed by atoms with Crippen molar-refractivity contribution in [1.29, 1.82) is 0 Å². The molecule has 6 rings (SSSR count). The molecule has 2 aliphatic rings. The third-order valence-corrected chi connectivity index (χ3v) is 7.83. The molecule has 0 saturated carbocycles. The fourth-order valence-electron chi connectivity index (χ4n) is 5.14. The van der Waals surface area contributed by atoms with Crippen LogP contribution in [0.4, 0.5) is 5.13 Å². The van der Waals surface area contributed by atoms with Crippen LogP contribution in [-0.2, 0) is 7.05 Å². The first kappa shape index (κ1) is 20.7. The summed E-state index contributed by atoms with van der Waals surface area (Å²) in [5.74, 6) is 0. The molecule has 1 aromatic carbocycles. The summed E-state index contributed by atoms with van der Waals surface area (Å²) < 4.78 is 3.05. The highest BCUT2D eigenvalue weighted by Crippen LogP contribution is 2.35. The predicted octanol–water partition coefficient (Wildman–Crippen LogP) is 4.78. The van der Waals surface area contributed by atoms with Crippen LogP contribution in [0.3, 0.4) is 0 Å². The van der Waals surface area contributed by atoms with E-state index >= 15 is 0 Å². The molecule has 2 saturated heterocycles. The quantitative estimate of drug-likeness (QED) is 0.483. The minimum absolute atomic E-state index is 0. The van der Waals surface area contributed by atoms with Crippen LogP contribution in [0.5, 0.6) is 0 Å². The largest absolute Gasteiger partial charge is 0.348 e. The first-order valence-corrected chi connectivity index (χ1v) is 11.6. The Bertz CT molecular complexity index is 1220. The van der Waals surface area contributed by atoms with E-state index < -0.39 is 0 Å². The zero-order valence-electron chi connectivity index (χ0n) is 17.8. The normalized spacial score (nSPS) is 23.1. The lowest BCUT2D eigenvalue weighted by atomic mass is 9.83. The van der Waals surface area contributed by atoms with Crippen LogP contribution in [0, 0.1) is 0 Å². The fraction of sp³-hybridized carbons (Fsp3) is 0.435. The maximum Gasteiger partial charge on any atom is 0.186 e. The number of piperidine rings is 2. The van der Waals surface area contributed by atoms with Gasteiger partial charge in [-0.15, -0.1) is 12.4 Å². The number of aryl methyl sites for hydroxylation is 1. The van der Waals surface area contributed by atoms with E-state index in [0.717, 1.165) is 32.8 Å². The fourth-order valence-corrected chi connectivity index (χ4v) is 6.15. The lowest BCUT2D eigenvalue weighted by Gasteiger charge is -2.43. The molecule has 0 spiro atoms. The molecule has 31 heavy (non-hydrogen) atoms. The van der Waals surface area contributed by atoms with Gasteiger partial charge in [0.1, 0.15) is 5.52 Å². The zero-order valence-corrected chi connectivity index (χ0v) is 19.4. The van der Waals surface area contributed by atoms with Crippen molar-refractivity contribution in [3.05, 3.63) is 36.7 Å². The molecule has 0 radical (unpaired) electrons. The second kappa shape index (κ2) is 8.04. The average Bonchev–Trinajstić information content (AvgIpc) is 3.34. The van der Waals surface area contributed by atoms with Gasteiger partial charge in [0.2, 0.25) is 0 Å². The molecule has 1 N–H and O–H groups in total. The van der Waals surface area contributed by atoms with Crippen LogP contribution in [0.1, 0.15) is 32.1 Å². The average molecular weight is 455 g/mol. The molecule has 2 bridgehead atoms. The first-order chi connectivity index (χ1) is 14.6. The van der Waals surface area contributed by atoms with Gasteiger partial charge >= 0.3 is 0 Å². The first-order valence-electron chi connectivity index (χ1n) is 10.8. The Hall–Kier alpha value is -2.22. The van der Waals surface area contributed by atoms with Crippen LogP contribution in [0.2, 0.25) is 0 Å². The maximum atomic E-state index is 4.92. The van der Waals surface area contributed by atoms with Crippen molar-refractivity contribution >= 4 is 50.0 Å². The highest BCUT2D eigenvalue weighted by atomic mass is 35.5. The van der Waals surface area contributed by atoms with Gasteiger partial charge in [-0.3, -0.25) is 9.67 Å². The molecule has 6 nitrogen and oxygen atoms in total. The summed E-state index contributed by atoms with van der Waals surface area (Å²) in [6, 6.07) is 10.4. The third-order valence-electron chi connectivity index (χ3n) is 6.72. The van der Waals surface area contributed by atoms with Gasteiger partial charge in [0.05, 0.1) is 22.1 Å². The minimum atomic E-state index is 0. The molecule has 162 valence electrons. The summed E-state index contributed by atoms with van der Waals surface area (Å²) >= 11 is 1.78. The summed E-state index contributed by atoms with van der Waals surface area (Å²) in [4.78, 5) is 12.0. The minimum Gasteiger partial charge on any atom is -0.348 e. The summed E-state index contributed by atoms with van der Waals surface area (Å²) in [5.41, 5.74) is 4.10. The number of pyridine rings is 1. The molecule has 2 atom stereocenters. The molecular weight excluding hydrogens is 428 g/mol. The second-order valence-electron chi connectivity index (χ2n) is 8.84. The van der Waals surface area contributed by atoms with Crippen molar-refractivity contribution in [3.8, 4) is 11.3 Å². The molecule has 2 unspecified atom stereocenters. The number of benzene rings is 1. The highest BCUT2D eigenvalue weighted by molar-refractivity contribution is 7.22. The van der Waals surface area contributed by atoms with Crippen LogP contribution in [0.25, 0.3) is 32.4 Å². The van der Waals surface area contributed by atoms with E-state index in [1.54, 1.807) is 11.3 Å². The van der Waals surface area contributed by atoms with E-state index in [1.807, 2.05) is 24.1 Å². The highest BCUT2D eigenvalue weighted by Gasteiger charge is 2.33. The number of nitrogens with one attached hydrogen (secondary N) is 1. The van der Waals surface area contributed by atoms with E-state index in [0.29, 0.717) is 18.1 Å². The van der Waals surface area contributed by atoms with Gasteiger partial charge in [-0.2, -0.15) is 5.10 Å². The lowest BCUT2D eigenvalue weighted by Crippen LogP contribution is -2.54. The van der Waals surface area contributed by atoms with Gasteiger partial charge < -0.3 is 10.2 Å². The molecule has 8 heteroatoms. The molecule has 0 amide bonds. The van der Waals surface area contributed by atoms with E-state index in [9.17, 15) is 0 Å². The molecule has 0 aliphatic carbocycles.